The van der Waals surface area contributed by atoms with Gasteiger partial charge in [0.25, 0.3) is 5.91 Å². The molecular formula is C24H30ClFN6O3. The minimum atomic E-state index is -1.57. The number of amides is 1. The van der Waals surface area contributed by atoms with Crippen LogP contribution in [0, 0.1) is 0 Å². The van der Waals surface area contributed by atoms with E-state index < -0.39 is 17.7 Å². The van der Waals surface area contributed by atoms with Gasteiger partial charge in [0.2, 0.25) is 0 Å². The van der Waals surface area contributed by atoms with Crippen LogP contribution >= 0.6 is 11.6 Å². The second-order valence-corrected chi connectivity index (χ2v) is 9.93. The van der Waals surface area contributed by atoms with Gasteiger partial charge >= 0.3 is 0 Å². The van der Waals surface area contributed by atoms with Crippen molar-refractivity contribution in [2.45, 2.75) is 63.4 Å². The predicted octanol–water partition coefficient (Wildman–Crippen LogP) is 3.42. The molecule has 1 aliphatic rings. The van der Waals surface area contributed by atoms with Crippen LogP contribution in [-0.4, -0.2) is 68.2 Å². The molecule has 35 heavy (non-hydrogen) atoms. The second-order valence-electron chi connectivity index (χ2n) is 9.49. The summed E-state index contributed by atoms with van der Waals surface area (Å²) in [6, 6.07) is 1.64. The number of primary amides is 1. The Kier molecular flexibility index (Phi) is 7.25. The highest BCUT2D eigenvalue weighted by Gasteiger charge is 2.34. The van der Waals surface area contributed by atoms with Gasteiger partial charge in [-0.2, -0.15) is 5.10 Å². The lowest BCUT2D eigenvalue weighted by Crippen LogP contribution is -2.48. The van der Waals surface area contributed by atoms with Gasteiger partial charge in [0, 0.05) is 25.5 Å². The van der Waals surface area contributed by atoms with E-state index in [9.17, 15) is 9.90 Å². The van der Waals surface area contributed by atoms with Crippen LogP contribution in [-0.2, 0) is 4.74 Å². The van der Waals surface area contributed by atoms with Gasteiger partial charge in [0.15, 0.2) is 5.65 Å². The average molecular weight is 505 g/mol. The third-order valence-corrected chi connectivity index (χ3v) is 6.79. The summed E-state index contributed by atoms with van der Waals surface area (Å²) in [6.45, 7) is 2.75. The van der Waals surface area contributed by atoms with Gasteiger partial charge in [0.1, 0.15) is 6.17 Å². The number of halogens is 2. The molecule has 0 spiro atoms. The number of ether oxygens (including phenoxy) is 1. The molecule has 0 unspecified atom stereocenters. The van der Waals surface area contributed by atoms with Gasteiger partial charge in [-0.05, 0) is 45.6 Å². The molecule has 0 bridgehead atoms. The Hall–Kier alpha value is -2.82. The molecule has 1 saturated carbocycles. The Morgan fingerprint density at radius 1 is 1.31 bits per heavy atom. The fraction of sp³-hybridized carbons (Fsp3) is 0.500. The molecule has 11 heteroatoms. The van der Waals surface area contributed by atoms with Crippen molar-refractivity contribution in [3.63, 3.8) is 0 Å². The molecule has 3 heterocycles. The van der Waals surface area contributed by atoms with Crippen LogP contribution in [0.3, 0.4) is 0 Å². The van der Waals surface area contributed by atoms with E-state index in [1.54, 1.807) is 25.6 Å². The predicted molar refractivity (Wildman–Crippen MR) is 131 cm³/mol. The number of carbonyl (C=O) groups is 1. The number of aliphatic hydroxyl groups is 1. The van der Waals surface area contributed by atoms with E-state index in [0.717, 1.165) is 25.7 Å². The van der Waals surface area contributed by atoms with E-state index >= 15 is 4.39 Å². The summed E-state index contributed by atoms with van der Waals surface area (Å²) in [5, 5.41) is 15.1. The van der Waals surface area contributed by atoms with Crippen molar-refractivity contribution in [2.24, 2.45) is 5.73 Å². The van der Waals surface area contributed by atoms with Gasteiger partial charge in [-0.15, -0.1) is 0 Å². The van der Waals surface area contributed by atoms with E-state index in [4.69, 9.17) is 22.1 Å². The lowest BCUT2D eigenvalue weighted by Gasteiger charge is -2.40. The van der Waals surface area contributed by atoms with Gasteiger partial charge in [-0.25, -0.2) is 13.9 Å². The zero-order valence-corrected chi connectivity index (χ0v) is 20.7. The maximum atomic E-state index is 15.2. The molecule has 4 rings (SSSR count). The first-order chi connectivity index (χ1) is 16.6. The lowest BCUT2D eigenvalue weighted by molar-refractivity contribution is -0.00124. The summed E-state index contributed by atoms with van der Waals surface area (Å²) in [5.41, 5.74) is 6.45. The number of pyridine rings is 1. The van der Waals surface area contributed by atoms with Crippen LogP contribution in [0.5, 0.6) is 0 Å². The van der Waals surface area contributed by atoms with Crippen molar-refractivity contribution in [1.82, 2.24) is 19.6 Å². The van der Waals surface area contributed by atoms with E-state index in [1.807, 2.05) is 4.90 Å². The summed E-state index contributed by atoms with van der Waals surface area (Å²) < 4.78 is 22.2. The van der Waals surface area contributed by atoms with Crippen LogP contribution in [0.25, 0.3) is 16.9 Å². The topological polar surface area (TPSA) is 119 Å². The fourth-order valence-corrected chi connectivity index (χ4v) is 4.63. The standard InChI is InChI=1S/C24H30ClFN6O3/c1-24(2,34)21(26)13-31(15-4-6-16(35-3)7-5-15)20-8-19(28-10-18(20)22(27)33)17-11-30-32-12-14(25)9-29-23(17)32/h8-12,15-16,21,34H,4-7,13H2,1-3H3,(H2,27,33)/t15?,16?,21-/m1/s1. The molecule has 3 aromatic rings. The maximum absolute atomic E-state index is 15.2. The number of aromatic nitrogens is 4. The maximum Gasteiger partial charge on any atom is 0.252 e. The monoisotopic (exact) mass is 504 g/mol. The molecule has 3 N–H and O–H groups in total. The van der Waals surface area contributed by atoms with Gasteiger partial charge in [-0.3, -0.25) is 9.78 Å². The first kappa shape index (κ1) is 25.3. The molecule has 0 radical (unpaired) electrons. The Morgan fingerprint density at radius 2 is 2.03 bits per heavy atom. The molecule has 0 saturated heterocycles. The molecule has 188 valence electrons. The largest absolute Gasteiger partial charge is 0.387 e. The molecular weight excluding hydrogens is 475 g/mol. The zero-order valence-electron chi connectivity index (χ0n) is 20.0. The molecule has 1 atom stereocenters. The normalized spacial score (nSPS) is 19.6. The molecule has 0 aromatic carbocycles. The van der Waals surface area contributed by atoms with Crippen molar-refractivity contribution in [3.8, 4) is 11.3 Å². The van der Waals surface area contributed by atoms with Gasteiger partial charge in [-0.1, -0.05) is 11.6 Å². The molecule has 0 aliphatic heterocycles. The van der Waals surface area contributed by atoms with Crippen LogP contribution < -0.4 is 10.6 Å². The minimum absolute atomic E-state index is 0.0730. The van der Waals surface area contributed by atoms with Crippen molar-refractivity contribution >= 4 is 28.8 Å². The number of nitrogens with two attached hydrogens (primary N) is 1. The van der Waals surface area contributed by atoms with Crippen molar-refractivity contribution in [2.75, 3.05) is 18.6 Å². The first-order valence-electron chi connectivity index (χ1n) is 11.5. The highest BCUT2D eigenvalue weighted by Crippen LogP contribution is 2.35. The second kappa shape index (κ2) is 10.0. The summed E-state index contributed by atoms with van der Waals surface area (Å²) in [7, 11) is 1.69. The molecule has 1 fully saturated rings. The number of fused-ring (bicyclic) bond motifs is 1. The highest BCUT2D eigenvalue weighted by atomic mass is 35.5. The highest BCUT2D eigenvalue weighted by molar-refractivity contribution is 6.30. The van der Waals surface area contributed by atoms with E-state index in [1.165, 1.54) is 30.8 Å². The number of carbonyl (C=O) groups excluding carboxylic acids is 1. The van der Waals surface area contributed by atoms with E-state index in [0.29, 0.717) is 27.6 Å². The van der Waals surface area contributed by atoms with Crippen molar-refractivity contribution in [3.05, 3.63) is 41.4 Å². The third kappa shape index (κ3) is 5.39. The van der Waals surface area contributed by atoms with Gasteiger partial charge in [0.05, 0.1) is 58.2 Å². The Morgan fingerprint density at radius 3 is 2.66 bits per heavy atom. The Bertz CT molecular complexity index is 1210. The van der Waals surface area contributed by atoms with Crippen LogP contribution in [0.15, 0.2) is 30.9 Å². The van der Waals surface area contributed by atoms with E-state index in [2.05, 4.69) is 15.1 Å². The first-order valence-corrected chi connectivity index (χ1v) is 11.9. The number of anilines is 1. The fourth-order valence-electron chi connectivity index (χ4n) is 4.48. The number of hydrogen-bond donors (Lipinski definition) is 2. The quantitative estimate of drug-likeness (QED) is 0.482. The Balaban J connectivity index is 1.80. The molecule has 3 aromatic heterocycles. The van der Waals surface area contributed by atoms with Crippen molar-refractivity contribution in [1.29, 1.82) is 0 Å². The van der Waals surface area contributed by atoms with Crippen LogP contribution in [0.1, 0.15) is 49.9 Å². The number of methoxy groups -OCH3 is 1. The minimum Gasteiger partial charge on any atom is -0.387 e. The average Bonchev–Trinajstić information content (AvgIpc) is 3.24. The van der Waals surface area contributed by atoms with E-state index in [-0.39, 0.29) is 24.3 Å². The Labute approximate surface area is 208 Å². The number of alkyl halides is 1. The smallest absolute Gasteiger partial charge is 0.252 e. The zero-order chi connectivity index (χ0) is 25.3. The van der Waals surface area contributed by atoms with Crippen LogP contribution in [0.2, 0.25) is 5.02 Å². The molecule has 9 nitrogen and oxygen atoms in total. The van der Waals surface area contributed by atoms with Gasteiger partial charge < -0.3 is 20.5 Å². The molecule has 1 amide bonds. The van der Waals surface area contributed by atoms with Crippen molar-refractivity contribution < 1.29 is 19.0 Å². The van der Waals surface area contributed by atoms with Crippen LogP contribution in [0.4, 0.5) is 10.1 Å². The summed E-state index contributed by atoms with van der Waals surface area (Å²) in [6.07, 6.45) is 7.81. The number of nitrogens with zero attached hydrogens (tertiary/aromatic N) is 5. The third-order valence-electron chi connectivity index (χ3n) is 6.60. The summed E-state index contributed by atoms with van der Waals surface area (Å²) in [4.78, 5) is 23.0. The SMILES string of the molecule is COC1CCC(N(C[C@@H](F)C(C)(C)O)c2cc(-c3cnn4cc(Cl)cnc34)ncc2C(N)=O)CC1. The molecule has 1 aliphatic carbocycles. The lowest BCUT2D eigenvalue weighted by atomic mass is 9.90. The summed E-state index contributed by atoms with van der Waals surface area (Å²) in [5.74, 6) is -0.668. The number of rotatable bonds is 8. The number of hydrogen-bond acceptors (Lipinski definition) is 7. The summed E-state index contributed by atoms with van der Waals surface area (Å²) >= 11 is 6.03.